The van der Waals surface area contributed by atoms with Crippen LogP contribution in [0.1, 0.15) is 53.4 Å². The molecule has 0 aromatic carbocycles. The summed E-state index contributed by atoms with van der Waals surface area (Å²) >= 11 is 0. The van der Waals surface area contributed by atoms with E-state index in [4.69, 9.17) is 9.47 Å². The predicted octanol–water partition coefficient (Wildman–Crippen LogP) is 3.17. The maximum Gasteiger partial charge on any atom is 0.218 e. The number of rotatable bonds is 10. The number of hydrogen-bond acceptors (Lipinski definition) is 3. The molecule has 0 N–H and O–H groups in total. The van der Waals surface area contributed by atoms with E-state index in [1.807, 2.05) is 20.8 Å². The zero-order chi connectivity index (χ0) is 12.4. The third kappa shape index (κ3) is 6.23. The first-order valence-corrected chi connectivity index (χ1v) is 6.44. The third-order valence-electron chi connectivity index (χ3n) is 2.59. The van der Waals surface area contributed by atoms with Crippen molar-refractivity contribution >= 4 is 5.78 Å². The standard InChI is InChI=1S/C13H26O3/c1-5-8-9-10-11(4)12(14)13(15-6-2)16-7-3/h11,13H,5-10H2,1-4H3. The fraction of sp³-hybridized carbons (Fsp3) is 0.923. The summed E-state index contributed by atoms with van der Waals surface area (Å²) in [6, 6.07) is 0. The van der Waals surface area contributed by atoms with Crippen LogP contribution in [0.15, 0.2) is 0 Å². The predicted molar refractivity (Wildman–Crippen MR) is 65.4 cm³/mol. The van der Waals surface area contributed by atoms with E-state index < -0.39 is 6.29 Å². The van der Waals surface area contributed by atoms with Gasteiger partial charge in [-0.1, -0.05) is 33.1 Å². The van der Waals surface area contributed by atoms with Crippen LogP contribution in [0.5, 0.6) is 0 Å². The number of carbonyl (C=O) groups is 1. The lowest BCUT2D eigenvalue weighted by Gasteiger charge is -2.19. The number of Topliss-reactive ketones (excluding diaryl/α,β-unsaturated/α-hetero) is 1. The van der Waals surface area contributed by atoms with Crippen LogP contribution in [-0.4, -0.2) is 25.3 Å². The highest BCUT2D eigenvalue weighted by Crippen LogP contribution is 2.14. The molecule has 0 saturated heterocycles. The van der Waals surface area contributed by atoms with Gasteiger partial charge in [0.15, 0.2) is 5.78 Å². The highest BCUT2D eigenvalue weighted by atomic mass is 16.7. The van der Waals surface area contributed by atoms with Crippen LogP contribution in [0.2, 0.25) is 0 Å². The van der Waals surface area contributed by atoms with Crippen molar-refractivity contribution < 1.29 is 14.3 Å². The van der Waals surface area contributed by atoms with Crippen molar-refractivity contribution in [3.05, 3.63) is 0 Å². The SMILES string of the molecule is CCCCCC(C)C(=O)C(OCC)OCC. The molecule has 3 nitrogen and oxygen atoms in total. The Kier molecular flexibility index (Phi) is 9.54. The van der Waals surface area contributed by atoms with E-state index in [0.29, 0.717) is 13.2 Å². The van der Waals surface area contributed by atoms with E-state index >= 15 is 0 Å². The molecule has 0 radical (unpaired) electrons. The van der Waals surface area contributed by atoms with Gasteiger partial charge in [0, 0.05) is 19.1 Å². The highest BCUT2D eigenvalue weighted by Gasteiger charge is 2.24. The van der Waals surface area contributed by atoms with Crippen molar-refractivity contribution in [2.24, 2.45) is 5.92 Å². The van der Waals surface area contributed by atoms with Gasteiger partial charge in [0.05, 0.1) is 0 Å². The lowest BCUT2D eigenvalue weighted by Crippen LogP contribution is -2.32. The summed E-state index contributed by atoms with van der Waals surface area (Å²) < 4.78 is 10.6. The van der Waals surface area contributed by atoms with Gasteiger partial charge in [-0.2, -0.15) is 0 Å². The second-order valence-corrected chi connectivity index (χ2v) is 4.04. The van der Waals surface area contributed by atoms with Gasteiger partial charge in [0.25, 0.3) is 0 Å². The van der Waals surface area contributed by atoms with Crippen molar-refractivity contribution in [3.8, 4) is 0 Å². The van der Waals surface area contributed by atoms with Crippen LogP contribution in [0.25, 0.3) is 0 Å². The van der Waals surface area contributed by atoms with Gasteiger partial charge in [0.2, 0.25) is 6.29 Å². The van der Waals surface area contributed by atoms with Crippen LogP contribution in [0.4, 0.5) is 0 Å². The van der Waals surface area contributed by atoms with Crippen molar-refractivity contribution in [1.29, 1.82) is 0 Å². The average Bonchev–Trinajstić information content (AvgIpc) is 2.28. The molecule has 16 heavy (non-hydrogen) atoms. The van der Waals surface area contributed by atoms with Crippen LogP contribution < -0.4 is 0 Å². The molecule has 0 saturated carbocycles. The molecule has 0 aliphatic rings. The largest absolute Gasteiger partial charge is 0.346 e. The minimum atomic E-state index is -0.661. The van der Waals surface area contributed by atoms with E-state index in [-0.39, 0.29) is 11.7 Å². The Bertz CT molecular complexity index is 174. The Balaban J connectivity index is 4.03. The van der Waals surface area contributed by atoms with Crippen LogP contribution in [0, 0.1) is 5.92 Å². The molecule has 1 atom stereocenters. The zero-order valence-corrected chi connectivity index (χ0v) is 11.1. The monoisotopic (exact) mass is 230 g/mol. The van der Waals surface area contributed by atoms with Gasteiger partial charge in [-0.3, -0.25) is 4.79 Å². The molecule has 3 heteroatoms. The summed E-state index contributed by atoms with van der Waals surface area (Å²) in [5, 5.41) is 0. The molecular formula is C13H26O3. The van der Waals surface area contributed by atoms with Gasteiger partial charge in [-0.25, -0.2) is 0 Å². The minimum Gasteiger partial charge on any atom is -0.346 e. The van der Waals surface area contributed by atoms with Gasteiger partial charge < -0.3 is 9.47 Å². The lowest BCUT2D eigenvalue weighted by molar-refractivity contribution is -0.171. The smallest absolute Gasteiger partial charge is 0.218 e. The maximum atomic E-state index is 12.0. The average molecular weight is 230 g/mol. The van der Waals surface area contributed by atoms with E-state index in [9.17, 15) is 4.79 Å². The molecule has 0 spiro atoms. The molecule has 0 amide bonds. The van der Waals surface area contributed by atoms with Crippen molar-refractivity contribution in [2.75, 3.05) is 13.2 Å². The van der Waals surface area contributed by atoms with E-state index in [0.717, 1.165) is 12.8 Å². The Morgan fingerprint density at radius 1 is 1.06 bits per heavy atom. The molecular weight excluding hydrogens is 204 g/mol. The number of ketones is 1. The normalized spacial score (nSPS) is 13.1. The number of hydrogen-bond donors (Lipinski definition) is 0. The third-order valence-corrected chi connectivity index (χ3v) is 2.59. The number of ether oxygens (including phenoxy) is 2. The second-order valence-electron chi connectivity index (χ2n) is 4.04. The fourth-order valence-corrected chi connectivity index (χ4v) is 1.59. The summed E-state index contributed by atoms with van der Waals surface area (Å²) in [4.78, 5) is 12.0. The van der Waals surface area contributed by atoms with Crippen LogP contribution in [-0.2, 0) is 14.3 Å². The minimum absolute atomic E-state index is 0.0367. The molecule has 0 aromatic heterocycles. The fourth-order valence-electron chi connectivity index (χ4n) is 1.59. The zero-order valence-electron chi connectivity index (χ0n) is 11.1. The first-order chi connectivity index (χ1) is 7.67. The first-order valence-electron chi connectivity index (χ1n) is 6.44. The summed E-state index contributed by atoms with van der Waals surface area (Å²) in [6.45, 7) is 8.90. The first kappa shape index (κ1) is 15.6. The van der Waals surface area contributed by atoms with Gasteiger partial charge in [-0.05, 0) is 20.3 Å². The van der Waals surface area contributed by atoms with E-state index in [2.05, 4.69) is 6.92 Å². The summed E-state index contributed by atoms with van der Waals surface area (Å²) in [7, 11) is 0. The van der Waals surface area contributed by atoms with Crippen molar-refractivity contribution in [3.63, 3.8) is 0 Å². The van der Waals surface area contributed by atoms with Crippen LogP contribution >= 0.6 is 0 Å². The van der Waals surface area contributed by atoms with Crippen LogP contribution in [0.3, 0.4) is 0 Å². The highest BCUT2D eigenvalue weighted by molar-refractivity contribution is 5.83. The molecule has 0 fully saturated rings. The van der Waals surface area contributed by atoms with Gasteiger partial charge in [-0.15, -0.1) is 0 Å². The molecule has 0 aromatic rings. The van der Waals surface area contributed by atoms with Gasteiger partial charge in [0.1, 0.15) is 0 Å². The molecule has 1 unspecified atom stereocenters. The summed E-state index contributed by atoms with van der Waals surface area (Å²) in [5.41, 5.74) is 0. The molecule has 96 valence electrons. The van der Waals surface area contributed by atoms with E-state index in [1.54, 1.807) is 0 Å². The summed E-state index contributed by atoms with van der Waals surface area (Å²) in [6.07, 6.45) is 3.75. The van der Waals surface area contributed by atoms with Crippen molar-refractivity contribution in [2.45, 2.75) is 59.7 Å². The molecule has 0 rings (SSSR count). The Hall–Kier alpha value is -0.410. The lowest BCUT2D eigenvalue weighted by atomic mass is 9.98. The topological polar surface area (TPSA) is 35.5 Å². The second kappa shape index (κ2) is 9.79. The van der Waals surface area contributed by atoms with Gasteiger partial charge >= 0.3 is 0 Å². The molecule has 0 heterocycles. The van der Waals surface area contributed by atoms with Crippen molar-refractivity contribution in [1.82, 2.24) is 0 Å². The maximum absolute atomic E-state index is 12.0. The molecule has 0 bridgehead atoms. The number of unbranched alkanes of at least 4 members (excludes halogenated alkanes) is 2. The Morgan fingerprint density at radius 3 is 2.06 bits per heavy atom. The summed E-state index contributed by atoms with van der Waals surface area (Å²) in [5.74, 6) is 0.120. The Labute approximate surface area is 99.5 Å². The molecule has 0 aliphatic heterocycles. The quantitative estimate of drug-likeness (QED) is 0.427. The molecule has 0 aliphatic carbocycles. The Morgan fingerprint density at radius 2 is 1.62 bits per heavy atom. The van der Waals surface area contributed by atoms with E-state index in [1.165, 1.54) is 12.8 Å². The number of carbonyl (C=O) groups excluding carboxylic acids is 1.